The van der Waals surface area contributed by atoms with Crippen molar-refractivity contribution in [2.24, 2.45) is 15.3 Å². The van der Waals surface area contributed by atoms with Crippen molar-refractivity contribution >= 4 is 49.0 Å². The van der Waals surface area contributed by atoms with Crippen LogP contribution < -0.4 is 14.8 Å². The molecule has 10 heteroatoms. The highest BCUT2D eigenvalue weighted by atomic mass is 79.9. The number of fused-ring (bicyclic) bond motifs is 1. The molecule has 0 aromatic heterocycles. The second kappa shape index (κ2) is 9.49. The monoisotopic (exact) mass is 540 g/mol. The van der Waals surface area contributed by atoms with Crippen LogP contribution in [0.1, 0.15) is 23.6 Å². The fraction of sp³-hybridized carbons (Fsp3) is 0.125. The highest BCUT2D eigenvalue weighted by molar-refractivity contribution is 9.10. The summed E-state index contributed by atoms with van der Waals surface area (Å²) in [7, 11) is -2.64. The molecule has 3 aromatic carbocycles. The molecule has 0 fully saturated rings. The number of hydrogen-bond acceptors (Lipinski definition) is 6. The van der Waals surface area contributed by atoms with Crippen molar-refractivity contribution < 1.29 is 17.9 Å². The number of anilines is 1. The molecule has 1 heterocycles. The van der Waals surface area contributed by atoms with Crippen LogP contribution in [0.15, 0.2) is 86.3 Å². The maximum atomic E-state index is 13.3. The van der Waals surface area contributed by atoms with Crippen molar-refractivity contribution in [1.82, 2.24) is 0 Å². The molecule has 1 aliphatic heterocycles. The summed E-state index contributed by atoms with van der Waals surface area (Å²) in [6, 6.07) is 19.7. The maximum Gasteiger partial charge on any atom is 0.279 e. The third kappa shape index (κ3) is 4.79. The highest BCUT2D eigenvalue weighted by Crippen LogP contribution is 2.33. The molecule has 0 radical (unpaired) electrons. The van der Waals surface area contributed by atoms with Crippen LogP contribution in [-0.2, 0) is 21.4 Å². The van der Waals surface area contributed by atoms with Crippen LogP contribution >= 0.6 is 15.9 Å². The molecule has 0 saturated heterocycles. The lowest BCUT2D eigenvalue weighted by atomic mass is 10.1. The Morgan fingerprint density at radius 3 is 2.50 bits per heavy atom. The van der Waals surface area contributed by atoms with Gasteiger partial charge in [0, 0.05) is 10.0 Å². The topological polar surface area (TPSA) is 114 Å². The van der Waals surface area contributed by atoms with Gasteiger partial charge in [0.15, 0.2) is 5.71 Å². The SMILES string of the molecule is COc1ccc(/C(C)=N/N=C2C(=O)N(Cc3ccccc3)c3ccc(Br)cc32)cc1S(N)(=O)=O. The smallest absolute Gasteiger partial charge is 0.279 e. The van der Waals surface area contributed by atoms with Gasteiger partial charge in [-0.1, -0.05) is 46.3 Å². The number of rotatable bonds is 6. The van der Waals surface area contributed by atoms with Gasteiger partial charge in [0.25, 0.3) is 5.91 Å². The summed E-state index contributed by atoms with van der Waals surface area (Å²) in [4.78, 5) is 14.8. The molecular weight excluding hydrogens is 520 g/mol. The zero-order valence-electron chi connectivity index (χ0n) is 18.4. The largest absolute Gasteiger partial charge is 0.495 e. The summed E-state index contributed by atoms with van der Waals surface area (Å²) in [6.45, 7) is 2.06. The number of nitrogens with zero attached hydrogens (tertiary/aromatic N) is 3. The summed E-state index contributed by atoms with van der Waals surface area (Å²) >= 11 is 3.45. The molecule has 8 nitrogen and oxygen atoms in total. The number of carbonyl (C=O) groups excluding carboxylic acids is 1. The number of ether oxygens (including phenoxy) is 1. The lowest BCUT2D eigenvalue weighted by Gasteiger charge is -2.16. The zero-order valence-corrected chi connectivity index (χ0v) is 20.8. The number of primary sulfonamides is 1. The van der Waals surface area contributed by atoms with E-state index in [2.05, 4.69) is 26.1 Å². The van der Waals surface area contributed by atoms with Crippen molar-refractivity contribution in [3.63, 3.8) is 0 Å². The fourth-order valence-corrected chi connectivity index (χ4v) is 4.70. The molecule has 0 spiro atoms. The number of amides is 1. The van der Waals surface area contributed by atoms with Gasteiger partial charge in [-0.2, -0.15) is 5.10 Å². The first-order valence-corrected chi connectivity index (χ1v) is 12.5. The minimum Gasteiger partial charge on any atom is -0.495 e. The van der Waals surface area contributed by atoms with Crippen molar-refractivity contribution in [2.45, 2.75) is 18.4 Å². The minimum atomic E-state index is -4.00. The Labute approximate surface area is 205 Å². The van der Waals surface area contributed by atoms with E-state index in [0.717, 1.165) is 15.7 Å². The van der Waals surface area contributed by atoms with Gasteiger partial charge in [-0.15, -0.1) is 5.10 Å². The van der Waals surface area contributed by atoms with Gasteiger partial charge in [0.1, 0.15) is 10.6 Å². The number of sulfonamides is 1. The Hall–Kier alpha value is -3.34. The second-order valence-electron chi connectivity index (χ2n) is 7.58. The molecular formula is C24H21BrN4O4S. The Morgan fingerprint density at radius 2 is 1.82 bits per heavy atom. The Morgan fingerprint density at radius 1 is 1.09 bits per heavy atom. The molecule has 1 amide bonds. The first-order chi connectivity index (χ1) is 16.2. The van der Waals surface area contributed by atoms with Crippen LogP contribution in [0, 0.1) is 0 Å². The Balaban J connectivity index is 1.73. The zero-order chi connectivity index (χ0) is 24.5. The van der Waals surface area contributed by atoms with Gasteiger partial charge in [-0.05, 0) is 54.4 Å². The summed E-state index contributed by atoms with van der Waals surface area (Å²) in [6.07, 6.45) is 0. The third-order valence-electron chi connectivity index (χ3n) is 5.32. The Kier molecular flexibility index (Phi) is 6.65. The van der Waals surface area contributed by atoms with E-state index in [4.69, 9.17) is 9.88 Å². The average molecular weight is 541 g/mol. The van der Waals surface area contributed by atoms with Gasteiger partial charge < -0.3 is 9.64 Å². The normalized spacial score (nSPS) is 15.1. The first-order valence-electron chi connectivity index (χ1n) is 10.2. The molecule has 0 saturated carbocycles. The molecule has 0 aliphatic carbocycles. The average Bonchev–Trinajstić information content (AvgIpc) is 3.07. The molecule has 0 unspecified atom stereocenters. The van der Waals surface area contributed by atoms with Gasteiger partial charge in [-0.25, -0.2) is 13.6 Å². The van der Waals surface area contributed by atoms with E-state index < -0.39 is 10.0 Å². The van der Waals surface area contributed by atoms with E-state index in [1.165, 1.54) is 19.2 Å². The van der Waals surface area contributed by atoms with E-state index in [0.29, 0.717) is 23.4 Å². The number of hydrogen-bond donors (Lipinski definition) is 1. The summed E-state index contributed by atoms with van der Waals surface area (Å²) < 4.78 is 29.8. The highest BCUT2D eigenvalue weighted by Gasteiger charge is 2.34. The number of methoxy groups -OCH3 is 1. The van der Waals surface area contributed by atoms with Crippen LogP contribution in [0.25, 0.3) is 0 Å². The van der Waals surface area contributed by atoms with Crippen molar-refractivity contribution in [3.05, 3.63) is 87.9 Å². The van der Waals surface area contributed by atoms with Gasteiger partial charge >= 0.3 is 0 Å². The maximum absolute atomic E-state index is 13.3. The summed E-state index contributed by atoms with van der Waals surface area (Å²) in [5.74, 6) is -0.139. The van der Waals surface area contributed by atoms with Crippen LogP contribution in [-0.4, -0.2) is 32.9 Å². The number of nitrogens with two attached hydrogens (primary N) is 1. The van der Waals surface area contributed by atoms with Crippen molar-refractivity contribution in [3.8, 4) is 5.75 Å². The number of benzene rings is 3. The van der Waals surface area contributed by atoms with E-state index in [1.54, 1.807) is 17.9 Å². The number of carbonyl (C=O) groups is 1. The lowest BCUT2D eigenvalue weighted by molar-refractivity contribution is -0.112. The minimum absolute atomic E-state index is 0.131. The lowest BCUT2D eigenvalue weighted by Crippen LogP contribution is -2.29. The standard InChI is InChI=1S/C24H21BrN4O4S/c1-15(17-8-11-21(33-2)22(12-17)34(26,31)32)27-28-23-19-13-18(25)9-10-20(19)29(24(23)30)14-16-6-4-3-5-7-16/h3-13H,14H2,1-2H3,(H2,26,31,32)/b27-15+,28-23?. The molecule has 174 valence electrons. The Bertz CT molecular complexity index is 1440. The molecule has 3 aromatic rings. The van der Waals surface area contributed by atoms with Gasteiger partial charge in [0.05, 0.1) is 25.1 Å². The molecule has 0 bridgehead atoms. The molecule has 4 rings (SSSR count). The molecule has 2 N–H and O–H groups in total. The predicted octanol–water partition coefficient (Wildman–Crippen LogP) is 3.87. The van der Waals surface area contributed by atoms with Crippen molar-refractivity contribution in [1.29, 1.82) is 0 Å². The van der Waals surface area contributed by atoms with E-state index in [9.17, 15) is 13.2 Å². The first kappa shape index (κ1) is 23.8. The third-order valence-corrected chi connectivity index (χ3v) is 6.75. The van der Waals surface area contributed by atoms with E-state index in [-0.39, 0.29) is 22.3 Å². The van der Waals surface area contributed by atoms with E-state index >= 15 is 0 Å². The summed E-state index contributed by atoms with van der Waals surface area (Å²) in [5, 5.41) is 13.8. The van der Waals surface area contributed by atoms with E-state index in [1.807, 2.05) is 48.5 Å². The summed E-state index contributed by atoms with van der Waals surface area (Å²) in [5.41, 5.74) is 3.48. The molecule has 1 aliphatic rings. The predicted molar refractivity (Wildman–Crippen MR) is 135 cm³/mol. The molecule has 0 atom stereocenters. The second-order valence-corrected chi connectivity index (χ2v) is 10.0. The number of halogens is 1. The fourth-order valence-electron chi connectivity index (χ4n) is 3.61. The van der Waals surface area contributed by atoms with Gasteiger partial charge in [-0.3, -0.25) is 4.79 Å². The van der Waals surface area contributed by atoms with Crippen LogP contribution in [0.2, 0.25) is 0 Å². The van der Waals surface area contributed by atoms with Crippen molar-refractivity contribution in [2.75, 3.05) is 12.0 Å². The van der Waals surface area contributed by atoms with Gasteiger partial charge in [0.2, 0.25) is 10.0 Å². The van der Waals surface area contributed by atoms with Crippen LogP contribution in [0.3, 0.4) is 0 Å². The quantitative estimate of drug-likeness (QED) is 0.377. The molecule has 34 heavy (non-hydrogen) atoms. The van der Waals surface area contributed by atoms with Crippen LogP contribution in [0.5, 0.6) is 5.75 Å². The van der Waals surface area contributed by atoms with Crippen LogP contribution in [0.4, 0.5) is 5.69 Å².